The fourth-order valence-electron chi connectivity index (χ4n) is 16.2. The lowest BCUT2D eigenvalue weighted by molar-refractivity contribution is -0.389. The third kappa shape index (κ3) is 21.0. The van der Waals surface area contributed by atoms with Crippen LogP contribution in [-0.4, -0.2) is 161 Å². The van der Waals surface area contributed by atoms with Gasteiger partial charge in [0.15, 0.2) is 37.7 Å². The van der Waals surface area contributed by atoms with Crippen molar-refractivity contribution in [2.75, 3.05) is 33.0 Å². The summed E-state index contributed by atoms with van der Waals surface area (Å²) in [5.41, 5.74) is 15.8. The highest BCUT2D eigenvalue weighted by Crippen LogP contribution is 2.46. The molecule has 21 heteroatoms. The summed E-state index contributed by atoms with van der Waals surface area (Å²) in [5.74, 6) is -1.36. The Labute approximate surface area is 634 Å². The monoisotopic (exact) mass is 1480 g/mol. The van der Waals surface area contributed by atoms with Crippen LogP contribution in [0.5, 0.6) is 0 Å². The molecule has 0 aliphatic carbocycles. The maximum Gasteiger partial charge on any atom is 0.185 e. The molecular weight excluding hydrogens is 1360 g/mol. The molecule has 30 atom stereocenters. The zero-order valence-electron chi connectivity index (χ0n) is 64.8. The van der Waals surface area contributed by atoms with Gasteiger partial charge in [0, 0.05) is 22.7 Å². The van der Waals surface area contributed by atoms with Crippen molar-refractivity contribution in [3.63, 3.8) is 0 Å². The lowest BCUT2D eigenvalue weighted by Gasteiger charge is -2.53. The summed E-state index contributed by atoms with van der Waals surface area (Å²) in [4.78, 5) is 3.48. The van der Waals surface area contributed by atoms with Gasteiger partial charge in [0.2, 0.25) is 0 Å². The molecule has 6 saturated heterocycles. The molecule has 6 fully saturated rings. The standard InChI is InChI=1S/C86H119N3O18/c1-14-42-94-81-61(13)76(105-84-77(56(8)54(6)67(15-2)97-84)95-47-65-38-28-20-29-39-65)80(69(43-90)99-81)107-86-79(57(9)55(7)71(101-86)50-92-45-63-34-24-18-25-35-63)106-83-73(88-89-87)59(11)74(68(16-3)98-83)104-85-78(96-48-66-40-30-21-31-41-66)60(12)75(72(102-85)51-93-46-64-36-26-19-27-37-64)103-82-58(10)52(4)53(5)70(100-82)49-91-44-62-32-22-17-23-33-62/h14,17-41,52-61,67-86,90H,1,15-16,42-51H2,2-13H3/t52-,53+,54-,55-,56-,57-,58?,59+,60-,61?,67?,68?,69?,70?,71?,72?,73?,74-,75+,76+,77?,78?,79?,80+,81-,82+,83-,84-,85-,86-/m0/s1. The summed E-state index contributed by atoms with van der Waals surface area (Å²) < 4.78 is 119. The van der Waals surface area contributed by atoms with Crippen molar-refractivity contribution in [2.24, 2.45) is 64.3 Å². The highest BCUT2D eigenvalue weighted by atomic mass is 16.8. The van der Waals surface area contributed by atoms with E-state index in [4.69, 9.17) is 80.5 Å². The van der Waals surface area contributed by atoms with Crippen molar-refractivity contribution in [2.45, 2.75) is 252 Å². The molecule has 0 saturated carbocycles. The van der Waals surface area contributed by atoms with Crippen LogP contribution in [0.2, 0.25) is 0 Å². The zero-order valence-corrected chi connectivity index (χ0v) is 64.8. The van der Waals surface area contributed by atoms with E-state index in [1.165, 1.54) is 0 Å². The van der Waals surface area contributed by atoms with Gasteiger partial charge in [-0.05, 0) is 87.6 Å². The number of ether oxygens (including phenoxy) is 17. The van der Waals surface area contributed by atoms with E-state index in [1.54, 1.807) is 6.08 Å². The first-order valence-corrected chi connectivity index (χ1v) is 39.2. The van der Waals surface area contributed by atoms with Crippen molar-refractivity contribution in [3.05, 3.63) is 203 Å². The maximum absolute atomic E-state index is 11.6. The minimum absolute atomic E-state index is 0.00380. The molecule has 21 nitrogen and oxygen atoms in total. The van der Waals surface area contributed by atoms with E-state index < -0.39 is 129 Å². The fourth-order valence-corrected chi connectivity index (χ4v) is 16.2. The van der Waals surface area contributed by atoms with E-state index in [9.17, 15) is 10.6 Å². The second kappa shape index (κ2) is 40.6. The van der Waals surface area contributed by atoms with Gasteiger partial charge in [-0.2, -0.15) is 0 Å². The first-order chi connectivity index (χ1) is 52.0. The van der Waals surface area contributed by atoms with Crippen LogP contribution < -0.4 is 0 Å². The molecule has 0 aromatic heterocycles. The molecular formula is C86H119N3O18. The van der Waals surface area contributed by atoms with E-state index in [0.717, 1.165) is 34.2 Å². The highest BCUT2D eigenvalue weighted by molar-refractivity contribution is 5.17. The predicted octanol–water partition coefficient (Wildman–Crippen LogP) is 15.1. The molecule has 5 aromatic carbocycles. The Kier molecular flexibility index (Phi) is 31.2. The van der Waals surface area contributed by atoms with Crippen LogP contribution in [0.4, 0.5) is 0 Å². The molecule has 5 aromatic rings. The van der Waals surface area contributed by atoms with Crippen LogP contribution in [-0.2, 0) is 114 Å². The van der Waals surface area contributed by atoms with Gasteiger partial charge in [0.25, 0.3) is 0 Å². The largest absolute Gasteiger partial charge is 0.394 e. The van der Waals surface area contributed by atoms with Gasteiger partial charge in [-0.25, -0.2) is 0 Å². The van der Waals surface area contributed by atoms with E-state index in [2.05, 4.69) is 91.1 Å². The molecule has 6 aliphatic heterocycles. The SMILES string of the molecule is C=CCO[C@H]1OC(CO)[C@@H](O[C@@H]2OC(COCc3ccccc3)[C@@H](C)[C@H](C)C2O[C@@H]2OC(CC)[C@@H](O[C@@H]3OC(COCc4ccccc4)[C@H](O[C@H]4OC(COCc5ccccc5)[C@H](C)[C@H](C)C4C)[C@H](C)C3OCc3ccccc3)[C@H](C)C2N=[N+]=[N-])[C@H](O[C@@H]2OC(CC)[C@@H](C)[C@H](C)C2OCc2ccccc2)C1C. The lowest BCUT2D eigenvalue weighted by atomic mass is 9.79. The highest BCUT2D eigenvalue weighted by Gasteiger charge is 2.57. The van der Waals surface area contributed by atoms with Crippen LogP contribution in [0, 0.1) is 59.2 Å². The van der Waals surface area contributed by atoms with Crippen LogP contribution in [0.25, 0.3) is 10.4 Å². The summed E-state index contributed by atoms with van der Waals surface area (Å²) in [7, 11) is 0. The van der Waals surface area contributed by atoms with Crippen LogP contribution >= 0.6 is 0 Å². The van der Waals surface area contributed by atoms with Gasteiger partial charge in [-0.15, -0.1) is 6.58 Å². The molecule has 12 unspecified atom stereocenters. The number of nitrogens with zero attached hydrogens (tertiary/aromatic N) is 3. The Balaban J connectivity index is 0.887. The van der Waals surface area contributed by atoms with Gasteiger partial charge in [-0.1, -0.05) is 246 Å². The number of benzene rings is 5. The van der Waals surface area contributed by atoms with Gasteiger partial charge < -0.3 is 85.6 Å². The summed E-state index contributed by atoms with van der Waals surface area (Å²) in [6.07, 6.45) is -11.4. The third-order valence-electron chi connectivity index (χ3n) is 23.7. The van der Waals surface area contributed by atoms with Gasteiger partial charge >= 0.3 is 0 Å². The topological polar surface area (TPSA) is 226 Å². The molecule has 0 bridgehead atoms. The quantitative estimate of drug-likeness (QED) is 0.0172. The number of azide groups is 1. The second-order valence-corrected chi connectivity index (χ2v) is 30.7. The minimum atomic E-state index is -1.18. The number of hydrogen-bond donors (Lipinski definition) is 1. The first kappa shape index (κ1) is 82.4. The first-order valence-electron chi connectivity index (χ1n) is 39.2. The third-order valence-corrected chi connectivity index (χ3v) is 23.7. The van der Waals surface area contributed by atoms with Crippen molar-refractivity contribution < 1.29 is 85.6 Å². The Morgan fingerprint density at radius 3 is 1.22 bits per heavy atom. The van der Waals surface area contributed by atoms with Gasteiger partial charge in [-0.3, -0.25) is 0 Å². The number of hydrogen-bond acceptors (Lipinski definition) is 19. The average Bonchev–Trinajstić information content (AvgIpc) is 0.769. The number of rotatable bonds is 35. The Bertz CT molecular complexity index is 3420. The summed E-state index contributed by atoms with van der Waals surface area (Å²) in [6.45, 7) is 31.7. The number of aliphatic hydroxyl groups is 1. The van der Waals surface area contributed by atoms with E-state index in [0.29, 0.717) is 39.5 Å². The van der Waals surface area contributed by atoms with Gasteiger partial charge in [0.05, 0.1) is 115 Å². The summed E-state index contributed by atoms with van der Waals surface area (Å²) in [5, 5.41) is 16.1. The molecule has 107 heavy (non-hydrogen) atoms. The maximum atomic E-state index is 11.6. The minimum Gasteiger partial charge on any atom is -0.394 e. The lowest BCUT2D eigenvalue weighted by Crippen LogP contribution is -2.64. The van der Waals surface area contributed by atoms with Gasteiger partial charge in [0.1, 0.15) is 36.6 Å². The molecule has 0 radical (unpaired) electrons. The molecule has 6 aliphatic rings. The van der Waals surface area contributed by atoms with Crippen LogP contribution in [0.15, 0.2) is 169 Å². The normalized spacial score (nSPS) is 37.5. The van der Waals surface area contributed by atoms with E-state index in [-0.39, 0.29) is 86.0 Å². The van der Waals surface area contributed by atoms with E-state index in [1.807, 2.05) is 160 Å². The molecule has 11 rings (SSSR count). The van der Waals surface area contributed by atoms with Crippen LogP contribution in [0.3, 0.4) is 0 Å². The fraction of sp³-hybridized carbons (Fsp3) is 0.628. The smallest absolute Gasteiger partial charge is 0.185 e. The Hall–Kier alpha value is -5.57. The zero-order chi connectivity index (χ0) is 75.5. The Morgan fingerprint density at radius 2 is 0.729 bits per heavy atom. The van der Waals surface area contributed by atoms with Crippen molar-refractivity contribution in [1.29, 1.82) is 0 Å². The van der Waals surface area contributed by atoms with Crippen molar-refractivity contribution in [3.8, 4) is 0 Å². The molecule has 0 spiro atoms. The predicted molar refractivity (Wildman–Crippen MR) is 403 cm³/mol. The molecule has 1 N–H and O–H groups in total. The molecule has 6 heterocycles. The average molecular weight is 1480 g/mol. The molecule has 0 amide bonds. The summed E-state index contributed by atoms with van der Waals surface area (Å²) >= 11 is 0. The van der Waals surface area contributed by atoms with Crippen molar-refractivity contribution in [1.82, 2.24) is 0 Å². The Morgan fingerprint density at radius 1 is 0.355 bits per heavy atom. The molecule has 586 valence electrons. The van der Waals surface area contributed by atoms with Crippen molar-refractivity contribution >= 4 is 0 Å². The van der Waals surface area contributed by atoms with Crippen LogP contribution in [0.1, 0.15) is 124 Å². The van der Waals surface area contributed by atoms with E-state index >= 15 is 0 Å². The summed E-state index contributed by atoms with van der Waals surface area (Å²) in [6, 6.07) is 49.3. The number of aliphatic hydroxyl groups excluding tert-OH is 1. The second-order valence-electron chi connectivity index (χ2n) is 30.7.